The van der Waals surface area contributed by atoms with Crippen molar-refractivity contribution in [1.82, 2.24) is 0 Å². The zero-order valence-corrected chi connectivity index (χ0v) is 13.7. The molecule has 0 aliphatic heterocycles. The van der Waals surface area contributed by atoms with E-state index in [0.717, 1.165) is 36.0 Å². The summed E-state index contributed by atoms with van der Waals surface area (Å²) in [7, 11) is 0. The van der Waals surface area contributed by atoms with Crippen LogP contribution in [0.4, 0.5) is 0 Å². The van der Waals surface area contributed by atoms with E-state index < -0.39 is 0 Å². The Kier molecular flexibility index (Phi) is 4.81. The molecule has 1 aromatic carbocycles. The normalized spacial score (nSPS) is 10.8. The number of hydrogen-bond donors (Lipinski definition) is 0. The zero-order chi connectivity index (χ0) is 14.7. The van der Waals surface area contributed by atoms with Gasteiger partial charge in [-0.1, -0.05) is 32.9 Å². The summed E-state index contributed by atoms with van der Waals surface area (Å²) in [6.07, 6.45) is 2.69. The molecule has 0 atom stereocenters. The summed E-state index contributed by atoms with van der Waals surface area (Å²) < 4.78 is 6.01. The van der Waals surface area contributed by atoms with Gasteiger partial charge in [-0.3, -0.25) is 4.79 Å². The van der Waals surface area contributed by atoms with Gasteiger partial charge in [-0.25, -0.2) is 0 Å². The van der Waals surface area contributed by atoms with Crippen molar-refractivity contribution in [2.24, 2.45) is 0 Å². The first-order chi connectivity index (χ1) is 9.60. The van der Waals surface area contributed by atoms with E-state index in [9.17, 15) is 4.79 Å². The van der Waals surface area contributed by atoms with Gasteiger partial charge >= 0.3 is 0 Å². The molecule has 3 heteroatoms. The molecule has 0 aliphatic rings. The summed E-state index contributed by atoms with van der Waals surface area (Å²) in [5, 5.41) is 0. The average molecular weight is 335 g/mol. The molecule has 0 radical (unpaired) electrons. The van der Waals surface area contributed by atoms with E-state index in [0.29, 0.717) is 10.4 Å². The van der Waals surface area contributed by atoms with Crippen molar-refractivity contribution in [2.75, 3.05) is 0 Å². The molecule has 0 bridgehead atoms. The summed E-state index contributed by atoms with van der Waals surface area (Å²) in [6, 6.07) is 7.76. The molecule has 2 rings (SSSR count). The summed E-state index contributed by atoms with van der Waals surface area (Å²) in [6.45, 7) is 6.31. The van der Waals surface area contributed by atoms with Crippen LogP contribution < -0.4 is 0 Å². The number of benzene rings is 1. The summed E-state index contributed by atoms with van der Waals surface area (Å²) in [5.74, 6) is 0.373. The second-order valence-corrected chi connectivity index (χ2v) is 5.56. The van der Waals surface area contributed by atoms with Crippen molar-refractivity contribution >= 4 is 21.7 Å². The maximum Gasteiger partial charge on any atom is 0.228 e. The van der Waals surface area contributed by atoms with E-state index in [1.54, 1.807) is 12.1 Å². The Morgan fingerprint density at radius 3 is 2.05 bits per heavy atom. The van der Waals surface area contributed by atoms with Crippen LogP contribution >= 0.6 is 15.9 Å². The number of carbonyl (C=O) groups excluding carboxylic acids is 1. The van der Waals surface area contributed by atoms with E-state index in [-0.39, 0.29) is 5.78 Å². The molecule has 0 spiro atoms. The number of hydrogen-bond acceptors (Lipinski definition) is 2. The van der Waals surface area contributed by atoms with E-state index in [4.69, 9.17) is 4.42 Å². The van der Waals surface area contributed by atoms with E-state index in [2.05, 4.69) is 48.8 Å². The highest BCUT2D eigenvalue weighted by Crippen LogP contribution is 2.25. The lowest BCUT2D eigenvalue weighted by atomic mass is 9.90. The van der Waals surface area contributed by atoms with Crippen LogP contribution in [0.1, 0.15) is 53.6 Å². The number of ketones is 1. The minimum absolute atomic E-state index is 0.0212. The highest BCUT2D eigenvalue weighted by molar-refractivity contribution is 9.10. The van der Waals surface area contributed by atoms with E-state index in [1.807, 2.05) is 0 Å². The van der Waals surface area contributed by atoms with Crippen molar-refractivity contribution in [1.29, 1.82) is 0 Å². The van der Waals surface area contributed by atoms with E-state index in [1.165, 1.54) is 5.56 Å². The van der Waals surface area contributed by atoms with Crippen LogP contribution in [0.5, 0.6) is 0 Å². The first kappa shape index (κ1) is 15.0. The minimum Gasteiger partial charge on any atom is -0.446 e. The predicted molar refractivity (Wildman–Crippen MR) is 84.4 cm³/mol. The number of carbonyl (C=O) groups is 1. The lowest BCUT2D eigenvalue weighted by Gasteiger charge is -2.13. The molecule has 20 heavy (non-hydrogen) atoms. The summed E-state index contributed by atoms with van der Waals surface area (Å²) in [5.41, 5.74) is 4.32. The molecule has 0 amide bonds. The smallest absolute Gasteiger partial charge is 0.228 e. The molecule has 0 fully saturated rings. The Morgan fingerprint density at radius 1 is 1.05 bits per heavy atom. The average Bonchev–Trinajstić information content (AvgIpc) is 2.91. The fourth-order valence-corrected chi connectivity index (χ4v) is 2.76. The monoisotopic (exact) mass is 334 g/mol. The van der Waals surface area contributed by atoms with Crippen molar-refractivity contribution in [3.05, 3.63) is 56.9 Å². The highest BCUT2D eigenvalue weighted by Gasteiger charge is 2.20. The maximum absolute atomic E-state index is 12.7. The topological polar surface area (TPSA) is 30.2 Å². The number of aryl methyl sites for hydroxylation is 3. The highest BCUT2D eigenvalue weighted by atomic mass is 79.9. The van der Waals surface area contributed by atoms with Gasteiger partial charge in [0.25, 0.3) is 0 Å². The molecular formula is C17H19BrO2. The predicted octanol–water partition coefficient (Wildman–Crippen LogP) is 4.96. The Hall–Kier alpha value is -1.35. The molecule has 1 aromatic heterocycles. The van der Waals surface area contributed by atoms with Gasteiger partial charge in [0.1, 0.15) is 0 Å². The largest absolute Gasteiger partial charge is 0.446 e. The van der Waals surface area contributed by atoms with Gasteiger partial charge in [0.15, 0.2) is 10.4 Å². The quantitative estimate of drug-likeness (QED) is 0.723. The van der Waals surface area contributed by atoms with Crippen LogP contribution in [0.25, 0.3) is 0 Å². The SMILES string of the molecule is CCc1cc(CC)c(C(=O)c2ccc(Br)o2)c(CC)c1. The second kappa shape index (κ2) is 6.40. The fraction of sp³-hybridized carbons (Fsp3) is 0.353. The Morgan fingerprint density at radius 2 is 1.65 bits per heavy atom. The van der Waals surface area contributed by atoms with Crippen molar-refractivity contribution < 1.29 is 9.21 Å². The molecule has 0 N–H and O–H groups in total. The standard InChI is InChI=1S/C17H19BrO2/c1-4-11-9-12(5-2)16(13(6-3)10-11)17(19)14-7-8-15(18)20-14/h7-10H,4-6H2,1-3H3. The third-order valence-corrected chi connectivity index (χ3v) is 3.98. The Balaban J connectivity index is 2.56. The van der Waals surface area contributed by atoms with Gasteiger partial charge in [-0.2, -0.15) is 0 Å². The maximum atomic E-state index is 12.7. The molecular weight excluding hydrogens is 316 g/mol. The van der Waals surface area contributed by atoms with Crippen LogP contribution in [0, 0.1) is 0 Å². The fourth-order valence-electron chi connectivity index (χ4n) is 2.45. The van der Waals surface area contributed by atoms with Gasteiger partial charge in [0.2, 0.25) is 5.78 Å². The number of rotatable bonds is 5. The van der Waals surface area contributed by atoms with Crippen LogP contribution in [0.15, 0.2) is 33.4 Å². The number of furan rings is 1. The van der Waals surface area contributed by atoms with E-state index >= 15 is 0 Å². The van der Waals surface area contributed by atoms with Crippen LogP contribution in [-0.4, -0.2) is 5.78 Å². The molecule has 2 aromatic rings. The molecule has 1 heterocycles. The van der Waals surface area contributed by atoms with Gasteiger partial charge in [0.05, 0.1) is 0 Å². The molecule has 2 nitrogen and oxygen atoms in total. The summed E-state index contributed by atoms with van der Waals surface area (Å²) in [4.78, 5) is 12.7. The lowest BCUT2D eigenvalue weighted by molar-refractivity contribution is 0.101. The lowest BCUT2D eigenvalue weighted by Crippen LogP contribution is -2.09. The summed E-state index contributed by atoms with van der Waals surface area (Å²) >= 11 is 3.25. The van der Waals surface area contributed by atoms with Crippen LogP contribution in [-0.2, 0) is 19.3 Å². The van der Waals surface area contributed by atoms with Gasteiger partial charge in [-0.15, -0.1) is 0 Å². The molecule has 0 saturated carbocycles. The number of halogens is 1. The van der Waals surface area contributed by atoms with Gasteiger partial charge < -0.3 is 4.42 Å². The minimum atomic E-state index is -0.0212. The molecule has 0 aliphatic carbocycles. The van der Waals surface area contributed by atoms with Crippen LogP contribution in [0.3, 0.4) is 0 Å². The third kappa shape index (κ3) is 2.88. The van der Waals surface area contributed by atoms with Crippen molar-refractivity contribution in [3.8, 4) is 0 Å². The van der Waals surface area contributed by atoms with Gasteiger partial charge in [0, 0.05) is 5.56 Å². The first-order valence-corrected chi connectivity index (χ1v) is 7.84. The third-order valence-electron chi connectivity index (χ3n) is 3.56. The first-order valence-electron chi connectivity index (χ1n) is 7.05. The Bertz CT molecular complexity index is 601. The molecule has 106 valence electrons. The van der Waals surface area contributed by atoms with Crippen molar-refractivity contribution in [2.45, 2.75) is 40.0 Å². The molecule has 0 saturated heterocycles. The van der Waals surface area contributed by atoms with Gasteiger partial charge in [-0.05, 0) is 64.0 Å². The molecule has 0 unspecified atom stereocenters. The van der Waals surface area contributed by atoms with Crippen molar-refractivity contribution in [3.63, 3.8) is 0 Å². The van der Waals surface area contributed by atoms with Crippen LogP contribution in [0.2, 0.25) is 0 Å². The second-order valence-electron chi connectivity index (χ2n) is 4.78. The zero-order valence-electron chi connectivity index (χ0n) is 12.1. The Labute approximate surface area is 128 Å².